The Morgan fingerprint density at radius 3 is 2.55 bits per heavy atom. The van der Waals surface area contributed by atoms with Crippen molar-refractivity contribution in [2.75, 3.05) is 6.26 Å². The molecule has 0 fully saturated rings. The second kappa shape index (κ2) is 7.38. The Morgan fingerprint density at radius 2 is 1.86 bits per heavy atom. The first-order valence-corrected chi connectivity index (χ1v) is 8.83. The Kier molecular flexibility index (Phi) is 5.75. The predicted octanol–water partition coefficient (Wildman–Crippen LogP) is 2.06. The number of hydrogen-bond acceptors (Lipinski definition) is 3. The van der Waals surface area contributed by atoms with E-state index in [0.717, 1.165) is 22.0 Å². The largest absolute Gasteiger partial charge is 1.00 e. The maximum Gasteiger partial charge on any atom is 0.187 e. The van der Waals surface area contributed by atoms with Gasteiger partial charge < -0.3 is 12.4 Å². The zero-order valence-electron chi connectivity index (χ0n) is 11.7. The summed E-state index contributed by atoms with van der Waals surface area (Å²) in [7, 11) is 0. The average molecular weight is 368 g/mol. The number of benzene rings is 2. The molecule has 1 aromatic heterocycles. The number of thiazole rings is 1. The van der Waals surface area contributed by atoms with Gasteiger partial charge in [0.1, 0.15) is 0 Å². The van der Waals surface area contributed by atoms with Gasteiger partial charge in [-0.15, -0.1) is 23.1 Å². The predicted molar refractivity (Wildman–Crippen MR) is 91.7 cm³/mol. The molecule has 0 bridgehead atoms. The highest BCUT2D eigenvalue weighted by Crippen LogP contribution is 2.26. The molecular formula is C16H13Cl2N2S2-. The average Bonchev–Trinajstić information content (AvgIpc) is 2.90. The van der Waals surface area contributed by atoms with Gasteiger partial charge in [-0.2, -0.15) is 0 Å². The van der Waals surface area contributed by atoms with E-state index in [1.54, 1.807) is 11.8 Å². The fourth-order valence-corrected chi connectivity index (χ4v) is 3.50. The lowest BCUT2D eigenvalue weighted by Crippen LogP contribution is -3.00. The quantitative estimate of drug-likeness (QED) is 0.705. The summed E-state index contributed by atoms with van der Waals surface area (Å²) in [4.78, 5) is 1.70. The van der Waals surface area contributed by atoms with E-state index < -0.39 is 0 Å². The van der Waals surface area contributed by atoms with Crippen molar-refractivity contribution >= 4 is 34.7 Å². The van der Waals surface area contributed by atoms with Crippen molar-refractivity contribution in [2.24, 2.45) is 0 Å². The van der Waals surface area contributed by atoms with Gasteiger partial charge in [0.15, 0.2) is 4.80 Å². The summed E-state index contributed by atoms with van der Waals surface area (Å²) in [6.07, 6.45) is 2.05. The van der Waals surface area contributed by atoms with Crippen molar-refractivity contribution in [1.29, 1.82) is 5.41 Å². The molecule has 0 aliphatic rings. The third kappa shape index (κ3) is 3.41. The van der Waals surface area contributed by atoms with Crippen LogP contribution in [-0.2, 0) is 0 Å². The van der Waals surface area contributed by atoms with E-state index in [9.17, 15) is 0 Å². The van der Waals surface area contributed by atoms with Crippen LogP contribution in [0.3, 0.4) is 0 Å². The molecule has 0 saturated carbocycles. The van der Waals surface area contributed by atoms with Gasteiger partial charge in [0.25, 0.3) is 0 Å². The molecule has 0 aliphatic heterocycles. The molecule has 22 heavy (non-hydrogen) atoms. The van der Waals surface area contributed by atoms with E-state index in [0.29, 0.717) is 4.80 Å². The highest BCUT2D eigenvalue weighted by molar-refractivity contribution is 7.98. The molecule has 0 unspecified atom stereocenters. The molecule has 6 heteroatoms. The lowest BCUT2D eigenvalue weighted by atomic mass is 10.1. The Bertz CT molecular complexity index is 823. The van der Waals surface area contributed by atoms with Crippen LogP contribution in [-0.4, -0.2) is 10.8 Å². The van der Waals surface area contributed by atoms with E-state index in [2.05, 4.69) is 18.4 Å². The topological polar surface area (TPSA) is 28.8 Å². The van der Waals surface area contributed by atoms with E-state index in [-0.39, 0.29) is 12.4 Å². The maximum absolute atomic E-state index is 8.20. The zero-order valence-corrected chi connectivity index (χ0v) is 14.9. The summed E-state index contributed by atoms with van der Waals surface area (Å²) in [5.41, 5.74) is 3.08. The van der Waals surface area contributed by atoms with Gasteiger partial charge in [-0.25, -0.2) is 0 Å². The molecule has 114 valence electrons. The number of halogens is 2. The van der Waals surface area contributed by atoms with E-state index in [4.69, 9.17) is 17.0 Å². The van der Waals surface area contributed by atoms with Gasteiger partial charge in [-0.05, 0) is 42.2 Å². The van der Waals surface area contributed by atoms with E-state index in [1.807, 2.05) is 46.3 Å². The lowest BCUT2D eigenvalue weighted by Gasteiger charge is -2.10. The first kappa shape index (κ1) is 17.2. The molecule has 3 aromatic rings. The van der Waals surface area contributed by atoms with Crippen molar-refractivity contribution in [1.82, 2.24) is 4.57 Å². The summed E-state index contributed by atoms with van der Waals surface area (Å²) < 4.78 is 1.97. The molecule has 3 rings (SSSR count). The van der Waals surface area contributed by atoms with Gasteiger partial charge >= 0.3 is 0 Å². The monoisotopic (exact) mass is 367 g/mol. The normalized spacial score (nSPS) is 10.3. The maximum atomic E-state index is 8.20. The number of rotatable bonds is 3. The number of thioether (sulfide) groups is 1. The Balaban J connectivity index is 0.00000176. The summed E-state index contributed by atoms with van der Waals surface area (Å²) in [6, 6.07) is 16.0. The molecule has 1 N–H and O–H groups in total. The van der Waals surface area contributed by atoms with Gasteiger partial charge in [-0.1, -0.05) is 29.8 Å². The fourth-order valence-electron chi connectivity index (χ4n) is 2.15. The van der Waals surface area contributed by atoms with Crippen molar-refractivity contribution < 1.29 is 12.4 Å². The van der Waals surface area contributed by atoms with Crippen molar-refractivity contribution in [3.8, 4) is 16.9 Å². The van der Waals surface area contributed by atoms with E-state index in [1.165, 1.54) is 16.2 Å². The summed E-state index contributed by atoms with van der Waals surface area (Å²) >= 11 is 9.09. The minimum atomic E-state index is 0. The Hall–Kier alpha value is -1.20. The van der Waals surface area contributed by atoms with Crippen LogP contribution >= 0.6 is 34.7 Å². The fraction of sp³-hybridized carbons (Fsp3) is 0.0625. The summed E-state index contributed by atoms with van der Waals surface area (Å²) in [6.45, 7) is 0. The minimum Gasteiger partial charge on any atom is -1.00 e. The molecule has 0 amide bonds. The minimum absolute atomic E-state index is 0. The van der Waals surface area contributed by atoms with Crippen LogP contribution in [0.15, 0.2) is 58.8 Å². The SMILES string of the molecule is CSc1cccc(-n2c(-c3ccc(Cl)cc3)csc2=N)c1.[Cl-]. The molecule has 0 aliphatic carbocycles. The highest BCUT2D eigenvalue weighted by atomic mass is 35.5. The highest BCUT2D eigenvalue weighted by Gasteiger charge is 2.09. The summed E-state index contributed by atoms with van der Waals surface area (Å²) in [5, 5.41) is 10.9. The molecular weight excluding hydrogens is 355 g/mol. The molecule has 0 saturated heterocycles. The number of aromatic nitrogens is 1. The molecule has 0 radical (unpaired) electrons. The molecule has 2 aromatic carbocycles. The summed E-state index contributed by atoms with van der Waals surface area (Å²) in [5.74, 6) is 0. The molecule has 0 atom stereocenters. The van der Waals surface area contributed by atoms with Crippen LogP contribution in [0.1, 0.15) is 0 Å². The molecule has 0 spiro atoms. The van der Waals surface area contributed by atoms with Crippen LogP contribution in [0.2, 0.25) is 5.02 Å². The van der Waals surface area contributed by atoms with Crippen molar-refractivity contribution in [3.63, 3.8) is 0 Å². The Morgan fingerprint density at radius 1 is 1.14 bits per heavy atom. The van der Waals surface area contributed by atoms with Gasteiger partial charge in [0.05, 0.1) is 5.69 Å². The van der Waals surface area contributed by atoms with Crippen LogP contribution in [0.5, 0.6) is 0 Å². The van der Waals surface area contributed by atoms with Crippen molar-refractivity contribution in [2.45, 2.75) is 4.90 Å². The van der Waals surface area contributed by atoms with Crippen LogP contribution in [0.4, 0.5) is 0 Å². The molecule has 1 heterocycles. The van der Waals surface area contributed by atoms with Gasteiger partial charge in [0, 0.05) is 21.0 Å². The number of nitrogens with one attached hydrogen (secondary N) is 1. The first-order chi connectivity index (χ1) is 10.2. The standard InChI is InChI=1S/C16H13ClN2S2.ClH/c1-20-14-4-2-3-13(9-14)19-15(10-21-16(19)18)11-5-7-12(17)8-6-11;/h2-10,18H,1H3;1H/p-1. The van der Waals surface area contributed by atoms with Gasteiger partial charge in [-0.3, -0.25) is 9.98 Å². The van der Waals surface area contributed by atoms with Crippen molar-refractivity contribution in [3.05, 3.63) is 63.7 Å². The second-order valence-corrected chi connectivity index (χ2v) is 6.64. The van der Waals surface area contributed by atoms with Crippen LogP contribution in [0.25, 0.3) is 16.9 Å². The third-order valence-corrected chi connectivity index (χ3v) is 4.90. The smallest absolute Gasteiger partial charge is 0.187 e. The van der Waals surface area contributed by atoms with Crippen LogP contribution < -0.4 is 17.2 Å². The first-order valence-electron chi connectivity index (χ1n) is 6.34. The zero-order chi connectivity index (χ0) is 14.8. The third-order valence-electron chi connectivity index (χ3n) is 3.18. The lowest BCUT2D eigenvalue weighted by molar-refractivity contribution is -0.00000423. The molecule has 2 nitrogen and oxygen atoms in total. The second-order valence-electron chi connectivity index (χ2n) is 4.47. The number of nitrogens with zero attached hydrogens (tertiary/aromatic N) is 1. The van der Waals surface area contributed by atoms with Gasteiger partial charge in [0.2, 0.25) is 0 Å². The van der Waals surface area contributed by atoms with Crippen LogP contribution in [0, 0.1) is 5.41 Å². The number of hydrogen-bond donors (Lipinski definition) is 1. The van der Waals surface area contributed by atoms with E-state index >= 15 is 0 Å². The Labute approximate surface area is 148 Å².